The van der Waals surface area contributed by atoms with Gasteiger partial charge in [-0.3, -0.25) is 9.59 Å². The van der Waals surface area contributed by atoms with E-state index in [1.165, 1.54) is 0 Å². The van der Waals surface area contributed by atoms with Crippen molar-refractivity contribution in [1.82, 2.24) is 9.80 Å². The van der Waals surface area contributed by atoms with Crippen LogP contribution in [0.5, 0.6) is 5.75 Å². The first-order valence-corrected chi connectivity index (χ1v) is 11.5. The van der Waals surface area contributed by atoms with Gasteiger partial charge in [0.1, 0.15) is 19.0 Å². The van der Waals surface area contributed by atoms with Crippen molar-refractivity contribution in [3.63, 3.8) is 0 Å². The molecular formula is C24H34N2O7. The number of hydrogen-bond donors (Lipinski definition) is 1. The number of likely N-dealkylation sites (N-methyl/N-ethyl adjacent to an activating group) is 1. The van der Waals surface area contributed by atoms with E-state index in [-0.39, 0.29) is 23.8 Å². The van der Waals surface area contributed by atoms with Crippen molar-refractivity contribution in [2.24, 2.45) is 5.41 Å². The molecule has 9 nitrogen and oxygen atoms in total. The van der Waals surface area contributed by atoms with Gasteiger partial charge in [0.2, 0.25) is 5.91 Å². The summed E-state index contributed by atoms with van der Waals surface area (Å²) in [6.45, 7) is 2.58. The summed E-state index contributed by atoms with van der Waals surface area (Å²) >= 11 is 0. The van der Waals surface area contributed by atoms with Crippen molar-refractivity contribution >= 4 is 17.8 Å². The maximum absolute atomic E-state index is 12.9. The summed E-state index contributed by atoms with van der Waals surface area (Å²) in [5.74, 6) is -0.805. The van der Waals surface area contributed by atoms with Gasteiger partial charge in [-0.15, -0.1) is 0 Å². The number of carbonyl (C=O) groups excluding carboxylic acids is 2. The van der Waals surface area contributed by atoms with E-state index >= 15 is 0 Å². The molecule has 0 aliphatic carbocycles. The highest BCUT2D eigenvalue weighted by molar-refractivity contribution is 5.96. The third kappa shape index (κ3) is 7.17. The highest BCUT2D eigenvalue weighted by Crippen LogP contribution is 2.38. The molecule has 1 saturated heterocycles. The van der Waals surface area contributed by atoms with Crippen LogP contribution in [0.2, 0.25) is 0 Å². The topological polar surface area (TPSA) is 106 Å². The maximum Gasteiger partial charge on any atom is 0.329 e. The lowest BCUT2D eigenvalue weighted by Crippen LogP contribution is -2.46. The zero-order valence-corrected chi connectivity index (χ0v) is 19.3. The molecule has 33 heavy (non-hydrogen) atoms. The van der Waals surface area contributed by atoms with Gasteiger partial charge in [0.15, 0.2) is 0 Å². The minimum absolute atomic E-state index is 0.0953. The lowest BCUT2D eigenvalue weighted by atomic mass is 9.75. The van der Waals surface area contributed by atoms with Crippen molar-refractivity contribution in [1.29, 1.82) is 0 Å². The van der Waals surface area contributed by atoms with Gasteiger partial charge in [-0.25, -0.2) is 4.79 Å². The second kappa shape index (κ2) is 12.0. The summed E-state index contributed by atoms with van der Waals surface area (Å²) in [4.78, 5) is 39.3. The summed E-state index contributed by atoms with van der Waals surface area (Å²) in [6.07, 6.45) is 4.42. The molecule has 0 saturated carbocycles. The first-order chi connectivity index (χ1) is 15.9. The SMILES string of the molecule is CN1CCOCCCCC2(CCN(C(=O)COCC(=O)O)CC2)COc2ccccc2C1=O. The van der Waals surface area contributed by atoms with Gasteiger partial charge in [0.05, 0.1) is 18.8 Å². The molecule has 3 rings (SSSR count). The van der Waals surface area contributed by atoms with Crippen molar-refractivity contribution in [2.45, 2.75) is 32.1 Å². The van der Waals surface area contributed by atoms with E-state index in [0.717, 1.165) is 32.1 Å². The fourth-order valence-electron chi connectivity index (χ4n) is 4.33. The number of rotatable bonds is 4. The smallest absolute Gasteiger partial charge is 0.329 e. The van der Waals surface area contributed by atoms with Crippen LogP contribution in [0.25, 0.3) is 0 Å². The Balaban J connectivity index is 1.68. The predicted octanol–water partition coefficient (Wildman–Crippen LogP) is 2.05. The number of carboxylic acids is 1. The normalized spacial score (nSPS) is 20.0. The number of nitrogens with zero attached hydrogens (tertiary/aromatic N) is 2. The van der Waals surface area contributed by atoms with Gasteiger partial charge in [-0.2, -0.15) is 0 Å². The number of benzene rings is 1. The lowest BCUT2D eigenvalue weighted by Gasteiger charge is -2.42. The number of para-hydroxylation sites is 1. The zero-order chi connectivity index (χ0) is 23.7. The lowest BCUT2D eigenvalue weighted by molar-refractivity contribution is -0.146. The molecule has 1 fully saturated rings. The molecule has 0 radical (unpaired) electrons. The van der Waals surface area contributed by atoms with Gasteiger partial charge in [-0.1, -0.05) is 18.6 Å². The quantitative estimate of drug-likeness (QED) is 0.730. The zero-order valence-electron chi connectivity index (χ0n) is 19.3. The Bertz CT molecular complexity index is 821. The molecule has 2 aliphatic rings. The molecule has 0 bridgehead atoms. The number of piperidine rings is 1. The molecule has 182 valence electrons. The molecule has 9 heteroatoms. The predicted molar refractivity (Wildman–Crippen MR) is 120 cm³/mol. The number of likely N-dealkylation sites (tertiary alicyclic amines) is 1. The molecule has 1 aromatic carbocycles. The highest BCUT2D eigenvalue weighted by atomic mass is 16.5. The van der Waals surface area contributed by atoms with Crippen LogP contribution in [-0.4, -0.2) is 92.4 Å². The van der Waals surface area contributed by atoms with Crippen LogP contribution >= 0.6 is 0 Å². The molecule has 0 unspecified atom stereocenters. The summed E-state index contributed by atoms with van der Waals surface area (Å²) < 4.78 is 16.9. The number of aliphatic carboxylic acids is 1. The van der Waals surface area contributed by atoms with Gasteiger partial charge in [0.25, 0.3) is 5.91 Å². The fourth-order valence-corrected chi connectivity index (χ4v) is 4.33. The summed E-state index contributed by atoms with van der Waals surface area (Å²) in [7, 11) is 1.77. The number of hydrogen-bond acceptors (Lipinski definition) is 6. The Labute approximate surface area is 194 Å². The number of amides is 2. The van der Waals surface area contributed by atoms with Crippen LogP contribution in [0.15, 0.2) is 24.3 Å². The van der Waals surface area contributed by atoms with Crippen LogP contribution in [-0.2, 0) is 19.1 Å². The molecule has 2 aliphatic heterocycles. The molecular weight excluding hydrogens is 428 g/mol. The minimum Gasteiger partial charge on any atom is -0.492 e. The number of carboxylic acid groups (broad SMARTS) is 1. The van der Waals surface area contributed by atoms with Crippen molar-refractivity contribution in [2.75, 3.05) is 59.7 Å². The van der Waals surface area contributed by atoms with Crippen molar-refractivity contribution in [3.05, 3.63) is 29.8 Å². The molecule has 1 spiro atoms. The molecule has 0 aromatic heterocycles. The summed E-state index contributed by atoms with van der Waals surface area (Å²) in [6, 6.07) is 7.31. The summed E-state index contributed by atoms with van der Waals surface area (Å²) in [5, 5.41) is 8.67. The van der Waals surface area contributed by atoms with Gasteiger partial charge in [-0.05, 0) is 37.8 Å². The highest BCUT2D eigenvalue weighted by Gasteiger charge is 2.36. The second-order valence-electron chi connectivity index (χ2n) is 8.85. The Morgan fingerprint density at radius 3 is 2.58 bits per heavy atom. The Hall–Kier alpha value is -2.65. The van der Waals surface area contributed by atoms with Crippen LogP contribution in [0.3, 0.4) is 0 Å². The van der Waals surface area contributed by atoms with E-state index in [2.05, 4.69) is 0 Å². The fraction of sp³-hybridized carbons (Fsp3) is 0.625. The summed E-state index contributed by atoms with van der Waals surface area (Å²) in [5.41, 5.74) is 0.431. The third-order valence-electron chi connectivity index (χ3n) is 6.44. The Morgan fingerprint density at radius 2 is 1.82 bits per heavy atom. The number of ether oxygens (including phenoxy) is 3. The first kappa shape index (κ1) is 25.0. The third-order valence-corrected chi connectivity index (χ3v) is 6.44. The van der Waals surface area contributed by atoms with Crippen LogP contribution in [0.4, 0.5) is 0 Å². The monoisotopic (exact) mass is 462 g/mol. The minimum atomic E-state index is -1.09. The Kier molecular flexibility index (Phi) is 9.08. The molecule has 0 atom stereocenters. The second-order valence-corrected chi connectivity index (χ2v) is 8.85. The largest absolute Gasteiger partial charge is 0.492 e. The average Bonchev–Trinajstić information content (AvgIpc) is 2.81. The van der Waals surface area contributed by atoms with E-state index in [9.17, 15) is 14.4 Å². The number of fused-ring (bicyclic) bond motifs is 1. The van der Waals surface area contributed by atoms with Crippen molar-refractivity contribution in [3.8, 4) is 5.75 Å². The van der Waals surface area contributed by atoms with Crippen LogP contribution < -0.4 is 4.74 Å². The molecule has 1 N–H and O–H groups in total. The van der Waals surface area contributed by atoms with Crippen LogP contribution in [0.1, 0.15) is 42.5 Å². The van der Waals surface area contributed by atoms with E-state index in [1.54, 1.807) is 22.9 Å². The van der Waals surface area contributed by atoms with Gasteiger partial charge >= 0.3 is 5.97 Å². The van der Waals surface area contributed by atoms with Gasteiger partial charge < -0.3 is 29.1 Å². The van der Waals surface area contributed by atoms with Crippen LogP contribution in [0, 0.1) is 5.41 Å². The average molecular weight is 463 g/mol. The Morgan fingerprint density at radius 1 is 1.06 bits per heavy atom. The molecule has 2 amide bonds. The van der Waals surface area contributed by atoms with E-state index in [0.29, 0.717) is 50.8 Å². The van der Waals surface area contributed by atoms with Crippen molar-refractivity contribution < 1.29 is 33.7 Å². The first-order valence-electron chi connectivity index (χ1n) is 11.5. The molecule has 2 heterocycles. The maximum atomic E-state index is 12.9. The molecule has 1 aromatic rings. The van der Waals surface area contributed by atoms with Gasteiger partial charge in [0, 0.05) is 38.7 Å². The number of carbonyl (C=O) groups is 3. The van der Waals surface area contributed by atoms with E-state index in [4.69, 9.17) is 19.3 Å². The van der Waals surface area contributed by atoms with E-state index < -0.39 is 12.6 Å². The standard InChI is InChI=1S/C24H34N2O7/c1-25-13-15-31-14-5-4-8-24(18-33-20-7-3-2-6-19(20)23(25)30)9-11-26(12-10-24)21(27)16-32-17-22(28)29/h2-3,6-7H,4-5,8-18H2,1H3,(H,28,29). The van der Waals surface area contributed by atoms with E-state index in [1.807, 2.05) is 18.2 Å².